The van der Waals surface area contributed by atoms with Gasteiger partial charge in [0.25, 0.3) is 0 Å². The summed E-state index contributed by atoms with van der Waals surface area (Å²) in [7, 11) is 0. The molecule has 1 heterocycles. The first kappa shape index (κ1) is 14.3. The highest BCUT2D eigenvalue weighted by Crippen LogP contribution is 2.36. The summed E-state index contributed by atoms with van der Waals surface area (Å²) in [5, 5.41) is 5.65. The van der Waals surface area contributed by atoms with E-state index in [-0.39, 0.29) is 0 Å². The van der Waals surface area contributed by atoms with Crippen LogP contribution in [-0.4, -0.2) is 23.0 Å². The third kappa shape index (κ3) is 3.50. The maximum Gasteiger partial charge on any atom is 0.157 e. The summed E-state index contributed by atoms with van der Waals surface area (Å²) in [5.74, 6) is 1.20. The van der Waals surface area contributed by atoms with E-state index in [2.05, 4.69) is 17.4 Å². The number of thioether (sulfide) groups is 1. The number of nitrogens with one attached hydrogen (secondary N) is 1. The molecule has 0 radical (unpaired) electrons. The second-order valence-electron chi connectivity index (χ2n) is 5.82. The highest BCUT2D eigenvalue weighted by atomic mass is 35.5. The molecular weight excluding hydrogens is 288 g/mol. The smallest absolute Gasteiger partial charge is 0.157 e. The van der Waals surface area contributed by atoms with Crippen LogP contribution in [0.3, 0.4) is 0 Å². The Morgan fingerprint density at radius 2 is 1.90 bits per heavy atom. The first-order valence-corrected chi connectivity index (χ1v) is 8.82. The van der Waals surface area contributed by atoms with Crippen molar-refractivity contribution in [2.75, 3.05) is 12.3 Å². The zero-order chi connectivity index (χ0) is 13.8. The quantitative estimate of drug-likeness (QED) is 0.901. The van der Waals surface area contributed by atoms with Gasteiger partial charge < -0.3 is 5.32 Å². The maximum absolute atomic E-state index is 5.89. The highest BCUT2D eigenvalue weighted by Gasteiger charge is 2.37. The summed E-state index contributed by atoms with van der Waals surface area (Å²) in [6.45, 7) is 0.854. The van der Waals surface area contributed by atoms with Gasteiger partial charge >= 0.3 is 0 Å². The molecule has 108 valence electrons. The topological polar surface area (TPSA) is 24.4 Å². The minimum atomic E-state index is 0.363. The van der Waals surface area contributed by atoms with E-state index < -0.39 is 0 Å². The van der Waals surface area contributed by atoms with Gasteiger partial charge in [0.1, 0.15) is 0 Å². The van der Waals surface area contributed by atoms with Crippen molar-refractivity contribution in [2.24, 2.45) is 4.99 Å². The van der Waals surface area contributed by atoms with Gasteiger partial charge in [0.05, 0.1) is 0 Å². The highest BCUT2D eigenvalue weighted by molar-refractivity contribution is 8.14. The van der Waals surface area contributed by atoms with Crippen LogP contribution in [0.4, 0.5) is 0 Å². The minimum Gasteiger partial charge on any atom is -0.359 e. The number of amidine groups is 1. The van der Waals surface area contributed by atoms with Crippen molar-refractivity contribution in [3.8, 4) is 0 Å². The zero-order valence-electron chi connectivity index (χ0n) is 11.7. The molecule has 1 aliphatic heterocycles. The molecule has 3 rings (SSSR count). The van der Waals surface area contributed by atoms with Crippen molar-refractivity contribution in [1.82, 2.24) is 5.32 Å². The van der Waals surface area contributed by atoms with Gasteiger partial charge in [-0.25, -0.2) is 0 Å². The second-order valence-corrected chi connectivity index (χ2v) is 7.22. The lowest BCUT2D eigenvalue weighted by Crippen LogP contribution is -2.45. The molecule has 0 atom stereocenters. The van der Waals surface area contributed by atoms with Crippen LogP contribution in [0.2, 0.25) is 5.02 Å². The summed E-state index contributed by atoms with van der Waals surface area (Å²) in [6.07, 6.45) is 7.75. The van der Waals surface area contributed by atoms with E-state index in [1.54, 1.807) is 0 Å². The summed E-state index contributed by atoms with van der Waals surface area (Å²) in [4.78, 5) is 4.73. The van der Waals surface area contributed by atoms with Gasteiger partial charge in [-0.1, -0.05) is 54.8 Å². The van der Waals surface area contributed by atoms with Crippen LogP contribution < -0.4 is 5.32 Å². The van der Waals surface area contributed by atoms with Gasteiger partial charge in [-0.2, -0.15) is 0 Å². The molecule has 2 aliphatic rings. The van der Waals surface area contributed by atoms with Gasteiger partial charge in [0.2, 0.25) is 0 Å². The molecule has 1 saturated heterocycles. The molecule has 1 saturated carbocycles. The summed E-state index contributed by atoms with van der Waals surface area (Å²) in [5.41, 5.74) is 1.66. The lowest BCUT2D eigenvalue weighted by molar-refractivity contribution is 0.303. The molecule has 4 heteroatoms. The van der Waals surface area contributed by atoms with Crippen LogP contribution in [0, 0.1) is 0 Å². The standard InChI is InChI=1S/C16H21ClN2S/c17-14-6-4-13(5-7-14)8-11-18-15-19-16(12-20-15)9-2-1-3-10-16/h4-7H,1-3,8-12H2,(H,18,19). The molecule has 2 nitrogen and oxygen atoms in total. The van der Waals surface area contributed by atoms with Crippen molar-refractivity contribution >= 4 is 28.5 Å². The number of benzene rings is 1. The fourth-order valence-corrected chi connectivity index (χ4v) is 4.40. The Morgan fingerprint density at radius 3 is 2.65 bits per heavy atom. The van der Waals surface area contributed by atoms with Crippen LogP contribution >= 0.6 is 23.4 Å². The van der Waals surface area contributed by atoms with E-state index in [1.165, 1.54) is 43.4 Å². The lowest BCUT2D eigenvalue weighted by atomic mass is 9.83. The van der Waals surface area contributed by atoms with Gasteiger partial charge in [0.15, 0.2) is 5.17 Å². The van der Waals surface area contributed by atoms with Crippen LogP contribution in [0.5, 0.6) is 0 Å². The van der Waals surface area contributed by atoms with Gasteiger partial charge in [0, 0.05) is 22.9 Å². The molecule has 1 spiro atoms. The maximum atomic E-state index is 5.89. The summed E-state index contributed by atoms with van der Waals surface area (Å²) in [6, 6.07) is 8.06. The zero-order valence-corrected chi connectivity index (χ0v) is 13.3. The first-order valence-electron chi connectivity index (χ1n) is 7.46. The van der Waals surface area contributed by atoms with Crippen molar-refractivity contribution < 1.29 is 0 Å². The Labute approximate surface area is 130 Å². The Morgan fingerprint density at radius 1 is 1.15 bits per heavy atom. The van der Waals surface area contributed by atoms with Gasteiger partial charge in [-0.3, -0.25) is 4.99 Å². The first-order chi connectivity index (χ1) is 9.76. The van der Waals surface area contributed by atoms with Crippen molar-refractivity contribution in [2.45, 2.75) is 44.1 Å². The molecule has 1 aromatic rings. The average molecular weight is 309 g/mol. The Bertz CT molecular complexity index is 478. The Balaban J connectivity index is 1.51. The molecule has 0 aromatic heterocycles. The molecule has 0 unspecified atom stereocenters. The predicted octanol–water partition coefficient (Wildman–Crippen LogP) is 4.28. The van der Waals surface area contributed by atoms with Crippen molar-refractivity contribution in [1.29, 1.82) is 0 Å². The second kappa shape index (κ2) is 6.40. The molecular formula is C16H21ClN2S. The predicted molar refractivity (Wildman–Crippen MR) is 88.9 cm³/mol. The fourth-order valence-electron chi connectivity index (χ4n) is 3.03. The van der Waals surface area contributed by atoms with Crippen LogP contribution in [0.15, 0.2) is 29.3 Å². The monoisotopic (exact) mass is 308 g/mol. The van der Waals surface area contributed by atoms with Gasteiger partial charge in [-0.15, -0.1) is 0 Å². The number of halogens is 1. The molecule has 1 aliphatic carbocycles. The van der Waals surface area contributed by atoms with Crippen molar-refractivity contribution in [3.63, 3.8) is 0 Å². The molecule has 1 N–H and O–H groups in total. The van der Waals surface area contributed by atoms with Crippen LogP contribution in [0.25, 0.3) is 0 Å². The number of aliphatic imine (C=N–C) groups is 1. The largest absolute Gasteiger partial charge is 0.359 e. The number of hydrogen-bond acceptors (Lipinski definition) is 2. The SMILES string of the molecule is Clc1ccc(CCN=C2NC3(CCCCC3)CS2)cc1. The third-order valence-electron chi connectivity index (χ3n) is 4.24. The molecule has 20 heavy (non-hydrogen) atoms. The van der Waals surface area contributed by atoms with Crippen molar-refractivity contribution in [3.05, 3.63) is 34.9 Å². The summed E-state index contributed by atoms with van der Waals surface area (Å²) < 4.78 is 0. The Hall–Kier alpha value is -0.670. The van der Waals surface area contributed by atoms with E-state index in [1.807, 2.05) is 23.9 Å². The third-order valence-corrected chi connectivity index (χ3v) is 5.69. The van der Waals surface area contributed by atoms with Gasteiger partial charge in [-0.05, 0) is 37.0 Å². The minimum absolute atomic E-state index is 0.363. The van der Waals surface area contributed by atoms with E-state index in [9.17, 15) is 0 Å². The summed E-state index contributed by atoms with van der Waals surface area (Å²) >= 11 is 7.79. The van der Waals surface area contributed by atoms with E-state index in [0.717, 1.165) is 23.2 Å². The van der Waals surface area contributed by atoms with E-state index >= 15 is 0 Å². The number of hydrogen-bond donors (Lipinski definition) is 1. The van der Waals surface area contributed by atoms with E-state index in [0.29, 0.717) is 5.54 Å². The fraction of sp³-hybridized carbons (Fsp3) is 0.562. The van der Waals surface area contributed by atoms with E-state index in [4.69, 9.17) is 16.6 Å². The van der Waals surface area contributed by atoms with Crippen LogP contribution in [0.1, 0.15) is 37.7 Å². The molecule has 0 amide bonds. The number of rotatable bonds is 3. The lowest BCUT2D eigenvalue weighted by Gasteiger charge is -2.32. The normalized spacial score (nSPS) is 23.1. The average Bonchev–Trinajstić information content (AvgIpc) is 2.85. The number of nitrogens with zero attached hydrogens (tertiary/aromatic N) is 1. The molecule has 2 fully saturated rings. The molecule has 1 aromatic carbocycles. The van der Waals surface area contributed by atoms with Crippen LogP contribution in [-0.2, 0) is 6.42 Å². The molecule has 0 bridgehead atoms. The Kier molecular flexibility index (Phi) is 4.57.